The van der Waals surface area contributed by atoms with E-state index in [0.29, 0.717) is 33.9 Å². The number of aromatic nitrogens is 2. The van der Waals surface area contributed by atoms with Gasteiger partial charge in [-0.2, -0.15) is 4.98 Å². The molecule has 7 nitrogen and oxygen atoms in total. The molecule has 3 N–H and O–H groups in total. The molecule has 0 radical (unpaired) electrons. The Morgan fingerprint density at radius 3 is 2.69 bits per heavy atom. The average Bonchev–Trinajstić information content (AvgIpc) is 2.62. The lowest BCUT2D eigenvalue weighted by atomic mass is 10.2. The van der Waals surface area contributed by atoms with Gasteiger partial charge in [0.15, 0.2) is 0 Å². The number of anilines is 4. The van der Waals surface area contributed by atoms with Crippen molar-refractivity contribution in [3.8, 4) is 5.75 Å². The lowest BCUT2D eigenvalue weighted by Crippen LogP contribution is -2.05. The van der Waals surface area contributed by atoms with Gasteiger partial charge in [-0.05, 0) is 36.4 Å². The summed E-state index contributed by atoms with van der Waals surface area (Å²) in [6.45, 7) is 0. The Hall–Kier alpha value is -3.32. The quantitative estimate of drug-likeness (QED) is 0.594. The van der Waals surface area contributed by atoms with E-state index < -0.39 is 5.97 Å². The van der Waals surface area contributed by atoms with Gasteiger partial charge in [0, 0.05) is 11.2 Å². The van der Waals surface area contributed by atoms with E-state index in [4.69, 9.17) is 16.3 Å². The average molecular weight is 371 g/mol. The van der Waals surface area contributed by atoms with Gasteiger partial charge < -0.3 is 20.5 Å². The van der Waals surface area contributed by atoms with Gasteiger partial charge in [-0.3, -0.25) is 0 Å². The minimum Gasteiger partial charge on any atom is -0.495 e. The molecule has 0 atom stereocenters. The van der Waals surface area contributed by atoms with Crippen molar-refractivity contribution < 1.29 is 14.6 Å². The van der Waals surface area contributed by atoms with Crippen LogP contribution in [-0.2, 0) is 0 Å². The predicted molar refractivity (Wildman–Crippen MR) is 100 cm³/mol. The largest absolute Gasteiger partial charge is 0.495 e. The molecule has 0 amide bonds. The van der Waals surface area contributed by atoms with Crippen LogP contribution < -0.4 is 15.4 Å². The molecule has 0 spiro atoms. The number of methoxy groups -OCH3 is 1. The van der Waals surface area contributed by atoms with Gasteiger partial charge in [0.1, 0.15) is 11.6 Å². The Bertz CT molecular complexity index is 949. The fraction of sp³-hybridized carbons (Fsp3) is 0.0556. The molecule has 8 heteroatoms. The first-order valence-corrected chi connectivity index (χ1v) is 7.97. The Balaban J connectivity index is 1.86. The highest BCUT2D eigenvalue weighted by molar-refractivity contribution is 6.31. The maximum absolute atomic E-state index is 11.3. The summed E-state index contributed by atoms with van der Waals surface area (Å²) in [5.41, 5.74) is 1.20. The maximum atomic E-state index is 11.3. The molecule has 0 saturated heterocycles. The first kappa shape index (κ1) is 17.5. The van der Waals surface area contributed by atoms with Gasteiger partial charge >= 0.3 is 5.97 Å². The topological polar surface area (TPSA) is 96.4 Å². The highest BCUT2D eigenvalue weighted by Gasteiger charge is 2.11. The summed E-state index contributed by atoms with van der Waals surface area (Å²) in [6.07, 6.45) is 1.55. The van der Waals surface area contributed by atoms with Crippen molar-refractivity contribution in [2.24, 2.45) is 0 Å². The number of nitrogens with zero attached hydrogens (tertiary/aromatic N) is 2. The number of para-hydroxylation sites is 1. The minimum absolute atomic E-state index is 0.150. The summed E-state index contributed by atoms with van der Waals surface area (Å²) in [5, 5.41) is 15.8. The van der Waals surface area contributed by atoms with E-state index in [0.717, 1.165) is 0 Å². The monoisotopic (exact) mass is 370 g/mol. The van der Waals surface area contributed by atoms with Crippen LogP contribution in [0.15, 0.2) is 54.7 Å². The maximum Gasteiger partial charge on any atom is 0.337 e. The fourth-order valence-electron chi connectivity index (χ4n) is 2.30. The summed E-state index contributed by atoms with van der Waals surface area (Å²) >= 11 is 6.02. The molecular weight excluding hydrogens is 356 g/mol. The van der Waals surface area contributed by atoms with E-state index in [1.165, 1.54) is 6.07 Å². The van der Waals surface area contributed by atoms with Crippen molar-refractivity contribution in [3.63, 3.8) is 0 Å². The number of carboxylic acids is 1. The number of aromatic carboxylic acids is 1. The number of hydrogen-bond acceptors (Lipinski definition) is 6. The fourth-order valence-corrected chi connectivity index (χ4v) is 2.48. The van der Waals surface area contributed by atoms with Crippen LogP contribution in [0.2, 0.25) is 5.02 Å². The molecule has 0 aliphatic carbocycles. The molecule has 0 saturated carbocycles. The normalized spacial score (nSPS) is 10.2. The predicted octanol–water partition coefficient (Wildman–Crippen LogP) is 4.32. The van der Waals surface area contributed by atoms with Gasteiger partial charge in [0.05, 0.1) is 24.0 Å². The second kappa shape index (κ2) is 7.71. The second-order valence-corrected chi connectivity index (χ2v) is 5.65. The molecule has 2 aromatic carbocycles. The Morgan fingerprint density at radius 2 is 1.92 bits per heavy atom. The molecule has 0 aliphatic rings. The first-order valence-electron chi connectivity index (χ1n) is 7.60. The third kappa shape index (κ3) is 4.01. The van der Waals surface area contributed by atoms with Gasteiger partial charge in [-0.15, -0.1) is 0 Å². The molecule has 0 unspecified atom stereocenters. The molecule has 0 fully saturated rings. The standard InChI is InChI=1S/C18H15ClN4O3/c1-26-15-7-6-11(19)10-14(15)22-18-20-9-8-16(23-18)21-13-5-3-2-4-12(13)17(24)25/h2-10H,1H3,(H,24,25)(H2,20,21,22,23). The Morgan fingerprint density at radius 1 is 1.12 bits per heavy atom. The van der Waals surface area contributed by atoms with Crippen LogP contribution in [0, 0.1) is 0 Å². The van der Waals surface area contributed by atoms with Crippen molar-refractivity contribution in [1.82, 2.24) is 9.97 Å². The van der Waals surface area contributed by atoms with Gasteiger partial charge in [0.2, 0.25) is 5.95 Å². The number of ether oxygens (including phenoxy) is 1. The molecule has 3 aromatic rings. The number of carboxylic acid groups (broad SMARTS) is 1. The third-order valence-electron chi connectivity index (χ3n) is 3.48. The first-order chi connectivity index (χ1) is 12.6. The lowest BCUT2D eigenvalue weighted by molar-refractivity contribution is 0.0698. The van der Waals surface area contributed by atoms with Gasteiger partial charge in [0.25, 0.3) is 0 Å². The van der Waals surface area contributed by atoms with E-state index in [1.807, 2.05) is 0 Å². The van der Waals surface area contributed by atoms with E-state index in [9.17, 15) is 9.90 Å². The molecule has 1 heterocycles. The molecule has 0 bridgehead atoms. The highest BCUT2D eigenvalue weighted by atomic mass is 35.5. The van der Waals surface area contributed by atoms with Crippen LogP contribution in [-0.4, -0.2) is 28.2 Å². The molecule has 132 valence electrons. The highest BCUT2D eigenvalue weighted by Crippen LogP contribution is 2.30. The number of halogens is 1. The molecule has 0 aliphatic heterocycles. The molecule has 1 aromatic heterocycles. The summed E-state index contributed by atoms with van der Waals surface area (Å²) < 4.78 is 5.28. The number of benzene rings is 2. The van der Waals surface area contributed by atoms with Crippen molar-refractivity contribution in [2.45, 2.75) is 0 Å². The van der Waals surface area contributed by atoms with E-state index >= 15 is 0 Å². The summed E-state index contributed by atoms with van der Waals surface area (Å²) in [6, 6.07) is 13.4. The number of nitrogens with one attached hydrogen (secondary N) is 2. The summed E-state index contributed by atoms with van der Waals surface area (Å²) in [5.74, 6) is 0.317. The summed E-state index contributed by atoms with van der Waals surface area (Å²) in [7, 11) is 1.55. The zero-order valence-electron chi connectivity index (χ0n) is 13.7. The zero-order valence-corrected chi connectivity index (χ0v) is 14.5. The van der Waals surface area contributed by atoms with E-state index in [-0.39, 0.29) is 5.56 Å². The lowest BCUT2D eigenvalue weighted by Gasteiger charge is -2.12. The zero-order chi connectivity index (χ0) is 18.5. The van der Waals surface area contributed by atoms with Crippen LogP contribution in [0.5, 0.6) is 5.75 Å². The Labute approximate surface area is 154 Å². The van der Waals surface area contributed by atoms with Crippen LogP contribution in [0.3, 0.4) is 0 Å². The Kier molecular flexibility index (Phi) is 5.19. The number of hydrogen-bond donors (Lipinski definition) is 3. The van der Waals surface area contributed by atoms with Crippen molar-refractivity contribution in [2.75, 3.05) is 17.7 Å². The van der Waals surface area contributed by atoms with E-state index in [2.05, 4.69) is 20.6 Å². The second-order valence-electron chi connectivity index (χ2n) is 5.21. The van der Waals surface area contributed by atoms with Crippen LogP contribution in [0.25, 0.3) is 0 Å². The summed E-state index contributed by atoms with van der Waals surface area (Å²) in [4.78, 5) is 19.8. The van der Waals surface area contributed by atoms with E-state index in [1.54, 1.807) is 55.8 Å². The minimum atomic E-state index is -1.02. The van der Waals surface area contributed by atoms with Gasteiger partial charge in [-0.25, -0.2) is 9.78 Å². The van der Waals surface area contributed by atoms with Crippen molar-refractivity contribution >= 4 is 40.7 Å². The molecule has 3 rings (SSSR count). The van der Waals surface area contributed by atoms with Crippen molar-refractivity contribution in [1.29, 1.82) is 0 Å². The molecular formula is C18H15ClN4O3. The van der Waals surface area contributed by atoms with Gasteiger partial charge in [-0.1, -0.05) is 23.7 Å². The number of rotatable bonds is 6. The SMILES string of the molecule is COc1ccc(Cl)cc1Nc1nccc(Nc2ccccc2C(=O)O)n1. The van der Waals surface area contributed by atoms with Crippen LogP contribution in [0.1, 0.15) is 10.4 Å². The third-order valence-corrected chi connectivity index (χ3v) is 3.72. The van der Waals surface area contributed by atoms with Crippen LogP contribution >= 0.6 is 11.6 Å². The molecule has 26 heavy (non-hydrogen) atoms. The van der Waals surface area contributed by atoms with Crippen LogP contribution in [0.4, 0.5) is 23.1 Å². The van der Waals surface area contributed by atoms with Crippen molar-refractivity contribution in [3.05, 3.63) is 65.3 Å². The number of carbonyl (C=O) groups is 1. The smallest absolute Gasteiger partial charge is 0.337 e.